The van der Waals surface area contributed by atoms with Crippen LogP contribution in [0.1, 0.15) is 11.3 Å². The van der Waals surface area contributed by atoms with E-state index in [1.165, 1.54) is 6.20 Å². The molecule has 98 valence electrons. The van der Waals surface area contributed by atoms with Crippen LogP contribution in [0.3, 0.4) is 0 Å². The summed E-state index contributed by atoms with van der Waals surface area (Å²) in [5, 5.41) is 14.1. The predicted molar refractivity (Wildman–Crippen MR) is 75.7 cm³/mol. The van der Waals surface area contributed by atoms with E-state index < -0.39 is 0 Å². The fourth-order valence-corrected chi connectivity index (χ4v) is 2.00. The summed E-state index contributed by atoms with van der Waals surface area (Å²) >= 11 is 0. The molecule has 3 aromatic heterocycles. The van der Waals surface area contributed by atoms with Crippen molar-refractivity contribution in [1.29, 1.82) is 5.26 Å². The Morgan fingerprint density at radius 3 is 2.90 bits per heavy atom. The Morgan fingerprint density at radius 1 is 1.30 bits per heavy atom. The summed E-state index contributed by atoms with van der Waals surface area (Å²) in [7, 11) is 3.90. The van der Waals surface area contributed by atoms with E-state index in [2.05, 4.69) is 21.1 Å². The van der Waals surface area contributed by atoms with E-state index in [4.69, 9.17) is 5.26 Å². The molecule has 3 heterocycles. The summed E-state index contributed by atoms with van der Waals surface area (Å²) in [6.07, 6.45) is 8.83. The van der Waals surface area contributed by atoms with Crippen molar-refractivity contribution >= 4 is 22.6 Å². The van der Waals surface area contributed by atoms with Crippen molar-refractivity contribution in [2.75, 3.05) is 14.1 Å². The van der Waals surface area contributed by atoms with Crippen LogP contribution < -0.4 is 0 Å². The zero-order valence-corrected chi connectivity index (χ0v) is 11.1. The summed E-state index contributed by atoms with van der Waals surface area (Å²) in [5.41, 5.74) is 2.73. The molecule has 0 aliphatic rings. The van der Waals surface area contributed by atoms with E-state index in [-0.39, 0.29) is 0 Å². The standard InChI is InChI=1S/C14H12N6/c1-19(2)6-4-12-11-9-17-14-10(7-15)8-18-20(14)13(11)3-5-16-12/h3-6,8-9H,1-2H3. The van der Waals surface area contributed by atoms with Gasteiger partial charge in [0, 0.05) is 38.1 Å². The maximum Gasteiger partial charge on any atom is 0.173 e. The van der Waals surface area contributed by atoms with Gasteiger partial charge in [0.25, 0.3) is 0 Å². The Bertz CT molecular complexity index is 853. The molecule has 0 saturated carbocycles. The molecular weight excluding hydrogens is 252 g/mol. The largest absolute Gasteiger partial charge is 0.383 e. The zero-order chi connectivity index (χ0) is 14.1. The Labute approximate surface area is 115 Å². The van der Waals surface area contributed by atoms with Crippen molar-refractivity contribution in [2.24, 2.45) is 0 Å². The molecule has 6 heteroatoms. The first-order chi connectivity index (χ1) is 9.70. The van der Waals surface area contributed by atoms with Gasteiger partial charge in [0.15, 0.2) is 5.65 Å². The van der Waals surface area contributed by atoms with Crippen molar-refractivity contribution in [1.82, 2.24) is 24.5 Å². The number of aromatic nitrogens is 4. The van der Waals surface area contributed by atoms with E-state index >= 15 is 0 Å². The number of rotatable bonds is 2. The minimum atomic E-state index is 0.467. The molecule has 0 unspecified atom stereocenters. The Kier molecular flexibility index (Phi) is 2.80. The Hall–Kier alpha value is -2.94. The van der Waals surface area contributed by atoms with Crippen LogP contribution in [0.25, 0.3) is 22.6 Å². The lowest BCUT2D eigenvalue weighted by atomic mass is 10.2. The molecular formula is C14H12N6. The van der Waals surface area contributed by atoms with E-state index in [0.717, 1.165) is 16.6 Å². The molecule has 0 aromatic carbocycles. The lowest BCUT2D eigenvalue weighted by molar-refractivity contribution is 0.567. The number of nitrogens with zero attached hydrogens (tertiary/aromatic N) is 6. The molecule has 3 aromatic rings. The lowest BCUT2D eigenvalue weighted by Crippen LogP contribution is -2.00. The second-order valence-corrected chi connectivity index (χ2v) is 4.57. The molecule has 0 amide bonds. The average Bonchev–Trinajstić information content (AvgIpc) is 2.88. The van der Waals surface area contributed by atoms with E-state index in [1.807, 2.05) is 37.3 Å². The number of fused-ring (bicyclic) bond motifs is 3. The van der Waals surface area contributed by atoms with Crippen molar-refractivity contribution in [3.05, 3.63) is 42.1 Å². The van der Waals surface area contributed by atoms with Crippen LogP contribution in [0.15, 0.2) is 30.9 Å². The smallest absolute Gasteiger partial charge is 0.173 e. The fourth-order valence-electron chi connectivity index (χ4n) is 2.00. The maximum absolute atomic E-state index is 9.02. The summed E-state index contributed by atoms with van der Waals surface area (Å²) in [5.74, 6) is 0. The molecule has 0 radical (unpaired) electrons. The van der Waals surface area contributed by atoms with Gasteiger partial charge in [0.2, 0.25) is 0 Å². The van der Waals surface area contributed by atoms with Gasteiger partial charge < -0.3 is 4.90 Å². The third-order valence-corrected chi connectivity index (χ3v) is 2.94. The van der Waals surface area contributed by atoms with Crippen LogP contribution in [0, 0.1) is 11.3 Å². The highest BCUT2D eigenvalue weighted by molar-refractivity contribution is 5.87. The topological polar surface area (TPSA) is 70.1 Å². The molecule has 0 fully saturated rings. The van der Waals surface area contributed by atoms with Crippen molar-refractivity contribution in [3.8, 4) is 6.07 Å². The number of pyridine rings is 1. The Morgan fingerprint density at radius 2 is 2.15 bits per heavy atom. The highest BCUT2D eigenvalue weighted by Gasteiger charge is 2.09. The highest BCUT2D eigenvalue weighted by Crippen LogP contribution is 2.19. The van der Waals surface area contributed by atoms with Crippen molar-refractivity contribution in [3.63, 3.8) is 0 Å². The summed E-state index contributed by atoms with van der Waals surface area (Å²) in [4.78, 5) is 10.6. The van der Waals surface area contributed by atoms with Gasteiger partial charge in [-0.2, -0.15) is 10.4 Å². The van der Waals surface area contributed by atoms with Gasteiger partial charge in [-0.1, -0.05) is 0 Å². The van der Waals surface area contributed by atoms with Crippen LogP contribution in [-0.4, -0.2) is 38.6 Å². The third kappa shape index (κ3) is 1.86. The van der Waals surface area contributed by atoms with Gasteiger partial charge in [0.1, 0.15) is 11.6 Å². The normalized spacial score (nSPS) is 11.2. The van der Waals surface area contributed by atoms with Crippen molar-refractivity contribution < 1.29 is 0 Å². The van der Waals surface area contributed by atoms with E-state index in [0.29, 0.717) is 11.2 Å². The van der Waals surface area contributed by atoms with Gasteiger partial charge in [-0.15, -0.1) is 0 Å². The molecule has 0 aliphatic carbocycles. The SMILES string of the molecule is CN(C)C=Cc1nccc2c1cnc1c(C#N)cnn12. The number of hydrogen-bond donors (Lipinski definition) is 0. The van der Waals surface area contributed by atoms with Gasteiger partial charge in [-0.05, 0) is 12.1 Å². The molecule has 0 aliphatic heterocycles. The number of nitriles is 1. The predicted octanol–water partition coefficient (Wildman–Crippen LogP) is 1.68. The molecule has 3 rings (SSSR count). The minimum Gasteiger partial charge on any atom is -0.383 e. The van der Waals surface area contributed by atoms with Gasteiger partial charge >= 0.3 is 0 Å². The molecule has 0 spiro atoms. The molecule has 0 atom stereocenters. The number of hydrogen-bond acceptors (Lipinski definition) is 5. The second-order valence-electron chi connectivity index (χ2n) is 4.57. The van der Waals surface area contributed by atoms with Crippen LogP contribution in [-0.2, 0) is 0 Å². The van der Waals surface area contributed by atoms with Crippen molar-refractivity contribution in [2.45, 2.75) is 0 Å². The quantitative estimate of drug-likeness (QED) is 0.704. The van der Waals surface area contributed by atoms with E-state index in [9.17, 15) is 0 Å². The maximum atomic E-state index is 9.02. The van der Waals surface area contributed by atoms with Gasteiger partial charge in [-0.25, -0.2) is 9.50 Å². The van der Waals surface area contributed by atoms with Crippen LogP contribution in [0.5, 0.6) is 0 Å². The minimum absolute atomic E-state index is 0.467. The van der Waals surface area contributed by atoms with Gasteiger partial charge in [0.05, 0.1) is 17.4 Å². The molecule has 6 nitrogen and oxygen atoms in total. The van der Waals surface area contributed by atoms with Crippen LogP contribution in [0.4, 0.5) is 0 Å². The average molecular weight is 264 g/mol. The monoisotopic (exact) mass is 264 g/mol. The highest BCUT2D eigenvalue weighted by atomic mass is 15.2. The first-order valence-corrected chi connectivity index (χ1v) is 6.07. The summed E-state index contributed by atoms with van der Waals surface area (Å²) < 4.78 is 1.67. The molecule has 0 bridgehead atoms. The summed E-state index contributed by atoms with van der Waals surface area (Å²) in [6, 6.07) is 3.95. The second kappa shape index (κ2) is 4.63. The molecule has 0 N–H and O–H groups in total. The zero-order valence-electron chi connectivity index (χ0n) is 11.1. The third-order valence-electron chi connectivity index (χ3n) is 2.94. The van der Waals surface area contributed by atoms with Crippen LogP contribution >= 0.6 is 0 Å². The van der Waals surface area contributed by atoms with Crippen LogP contribution in [0.2, 0.25) is 0 Å². The molecule has 20 heavy (non-hydrogen) atoms. The van der Waals surface area contributed by atoms with E-state index in [1.54, 1.807) is 16.9 Å². The first-order valence-electron chi connectivity index (χ1n) is 6.07. The lowest BCUT2D eigenvalue weighted by Gasteiger charge is -2.05. The fraction of sp³-hybridized carbons (Fsp3) is 0.143. The first kappa shape index (κ1) is 12.1. The molecule has 0 saturated heterocycles. The summed E-state index contributed by atoms with van der Waals surface area (Å²) in [6.45, 7) is 0. The Balaban J connectivity index is 2.29. The van der Waals surface area contributed by atoms with Gasteiger partial charge in [-0.3, -0.25) is 4.98 Å².